The number of carboxylic acids is 1. The molecule has 8 heteroatoms. The van der Waals surface area contributed by atoms with Crippen molar-refractivity contribution >= 4 is 18.0 Å². The summed E-state index contributed by atoms with van der Waals surface area (Å²) < 4.78 is 5.69. The molecule has 6 rings (SSSR count). The summed E-state index contributed by atoms with van der Waals surface area (Å²) in [6.07, 6.45) is 2.06. The van der Waals surface area contributed by atoms with Crippen molar-refractivity contribution < 1.29 is 24.2 Å². The Bertz CT molecular complexity index is 1390. The molecule has 3 aromatic rings. The van der Waals surface area contributed by atoms with Gasteiger partial charge in [-0.3, -0.25) is 9.69 Å². The second-order valence-electron chi connectivity index (χ2n) is 11.5. The Morgan fingerprint density at radius 1 is 0.927 bits per heavy atom. The van der Waals surface area contributed by atoms with E-state index < -0.39 is 29.6 Å². The van der Waals surface area contributed by atoms with E-state index in [9.17, 15) is 19.5 Å². The summed E-state index contributed by atoms with van der Waals surface area (Å²) in [5, 5.41) is 15.7. The van der Waals surface area contributed by atoms with Gasteiger partial charge in [-0.25, -0.2) is 9.59 Å². The molecule has 1 saturated carbocycles. The number of amides is 2. The zero-order valence-corrected chi connectivity index (χ0v) is 22.9. The number of hydrogen-bond donors (Lipinski definition) is 3. The second-order valence-corrected chi connectivity index (χ2v) is 11.5. The number of likely N-dealkylation sites (tertiary alicyclic amines) is 1. The molecule has 41 heavy (non-hydrogen) atoms. The summed E-state index contributed by atoms with van der Waals surface area (Å²) in [7, 11) is 0. The molecule has 1 aliphatic heterocycles. The van der Waals surface area contributed by atoms with E-state index in [0.717, 1.165) is 40.7 Å². The Labute approximate surface area is 239 Å². The summed E-state index contributed by atoms with van der Waals surface area (Å²) in [4.78, 5) is 41.0. The monoisotopic (exact) mass is 553 g/mol. The Morgan fingerprint density at radius 2 is 1.56 bits per heavy atom. The van der Waals surface area contributed by atoms with Crippen LogP contribution in [-0.4, -0.2) is 59.3 Å². The average molecular weight is 554 g/mol. The molecule has 3 N–H and O–H groups in total. The van der Waals surface area contributed by atoms with Gasteiger partial charge in [0.2, 0.25) is 5.91 Å². The number of alkyl carbamates (subject to hydrolysis) is 1. The van der Waals surface area contributed by atoms with Gasteiger partial charge in [-0.1, -0.05) is 91.7 Å². The summed E-state index contributed by atoms with van der Waals surface area (Å²) in [6, 6.07) is 25.2. The highest BCUT2D eigenvalue weighted by atomic mass is 16.5. The quantitative estimate of drug-likeness (QED) is 0.340. The minimum Gasteiger partial charge on any atom is -0.479 e. The fourth-order valence-corrected chi connectivity index (χ4v) is 6.22. The molecule has 2 fully saturated rings. The van der Waals surface area contributed by atoms with Crippen molar-refractivity contribution in [2.75, 3.05) is 19.7 Å². The van der Waals surface area contributed by atoms with Crippen molar-refractivity contribution in [3.63, 3.8) is 0 Å². The Morgan fingerprint density at radius 3 is 2.20 bits per heavy atom. The molecule has 0 bridgehead atoms. The first kappa shape index (κ1) is 27.0. The number of hydrogen-bond acceptors (Lipinski definition) is 5. The minimum atomic E-state index is -1.41. The van der Waals surface area contributed by atoms with Crippen molar-refractivity contribution in [1.29, 1.82) is 0 Å². The molecule has 2 amide bonds. The molecule has 8 nitrogen and oxygen atoms in total. The Hall–Kier alpha value is -4.17. The van der Waals surface area contributed by atoms with E-state index in [4.69, 9.17) is 4.74 Å². The number of carbonyl (C=O) groups excluding carboxylic acids is 2. The Kier molecular flexibility index (Phi) is 7.49. The van der Waals surface area contributed by atoms with E-state index in [1.165, 1.54) is 0 Å². The first-order valence-corrected chi connectivity index (χ1v) is 14.3. The van der Waals surface area contributed by atoms with Gasteiger partial charge in [0.05, 0.1) is 0 Å². The van der Waals surface area contributed by atoms with Crippen molar-refractivity contribution in [2.24, 2.45) is 5.92 Å². The number of carbonyl (C=O) groups is 3. The molecule has 2 atom stereocenters. The van der Waals surface area contributed by atoms with Crippen LogP contribution in [0.25, 0.3) is 11.1 Å². The molecule has 3 aromatic carbocycles. The normalized spacial score (nSPS) is 20.6. The number of aliphatic carboxylic acids is 1. The molecule has 0 radical (unpaired) electrons. The molecule has 1 unspecified atom stereocenters. The third-order valence-electron chi connectivity index (χ3n) is 8.59. The van der Waals surface area contributed by atoms with Gasteiger partial charge in [0.25, 0.3) is 0 Å². The topological polar surface area (TPSA) is 108 Å². The predicted molar refractivity (Wildman–Crippen MR) is 154 cm³/mol. The number of nitrogens with zero attached hydrogens (tertiary/aromatic N) is 1. The predicted octanol–water partition coefficient (Wildman–Crippen LogP) is 4.54. The summed E-state index contributed by atoms with van der Waals surface area (Å²) >= 11 is 0. The van der Waals surface area contributed by atoms with Gasteiger partial charge in [-0.05, 0) is 46.6 Å². The van der Waals surface area contributed by atoms with Crippen molar-refractivity contribution in [3.8, 4) is 11.1 Å². The largest absolute Gasteiger partial charge is 0.479 e. The lowest BCUT2D eigenvalue weighted by atomic mass is 9.97. The van der Waals surface area contributed by atoms with Gasteiger partial charge in [0, 0.05) is 25.6 Å². The molecule has 1 heterocycles. The van der Waals surface area contributed by atoms with Crippen LogP contribution in [0.2, 0.25) is 0 Å². The third-order valence-corrected chi connectivity index (χ3v) is 8.59. The zero-order valence-electron chi connectivity index (χ0n) is 22.9. The average Bonchev–Trinajstić information content (AvgIpc) is 3.62. The molecular formula is C33H35N3O5. The molecule has 3 aliphatic rings. The maximum atomic E-state index is 13.5. The number of carboxylic acid groups (broad SMARTS) is 1. The highest BCUT2D eigenvalue weighted by molar-refractivity contribution is 5.92. The standard InChI is InChI=1S/C33H35N3O5/c37-30(35-33(31(38)39)16-17-36(21-33)19-23-8-2-1-3-9-23)29(18-22-14-15-22)34-32(40)41-20-28-26-12-6-4-10-24(26)25-11-5-7-13-27(25)28/h1-13,22,28-29H,14-21H2,(H,34,40)(H,35,37)(H,38,39)/t29-,33?/m0/s1. The van der Waals surface area contributed by atoms with Crippen LogP contribution in [0.4, 0.5) is 4.79 Å². The maximum absolute atomic E-state index is 13.5. The first-order chi connectivity index (χ1) is 19.9. The third kappa shape index (κ3) is 5.84. The minimum absolute atomic E-state index is 0.0896. The fraction of sp³-hybridized carbons (Fsp3) is 0.364. The van der Waals surface area contributed by atoms with Gasteiger partial charge in [0.1, 0.15) is 12.6 Å². The molecule has 1 saturated heterocycles. The summed E-state index contributed by atoms with van der Waals surface area (Å²) in [5.41, 5.74) is 4.18. The lowest BCUT2D eigenvalue weighted by molar-refractivity contribution is -0.147. The number of nitrogens with one attached hydrogen (secondary N) is 2. The summed E-state index contributed by atoms with van der Waals surface area (Å²) in [6.45, 7) is 1.50. The fourth-order valence-electron chi connectivity index (χ4n) is 6.22. The van der Waals surface area contributed by atoms with E-state index in [-0.39, 0.29) is 19.1 Å². The zero-order chi connectivity index (χ0) is 28.4. The van der Waals surface area contributed by atoms with E-state index in [1.54, 1.807) is 0 Å². The van der Waals surface area contributed by atoms with Gasteiger partial charge >= 0.3 is 12.1 Å². The van der Waals surface area contributed by atoms with E-state index >= 15 is 0 Å². The van der Waals surface area contributed by atoms with Crippen LogP contribution in [0.3, 0.4) is 0 Å². The van der Waals surface area contributed by atoms with Crippen LogP contribution < -0.4 is 10.6 Å². The molecule has 0 aromatic heterocycles. The van der Waals surface area contributed by atoms with Gasteiger partial charge in [-0.15, -0.1) is 0 Å². The molecule has 212 valence electrons. The molecule has 2 aliphatic carbocycles. The van der Waals surface area contributed by atoms with Gasteiger partial charge in [-0.2, -0.15) is 0 Å². The highest BCUT2D eigenvalue weighted by Gasteiger charge is 2.47. The number of fused-ring (bicyclic) bond motifs is 3. The molecular weight excluding hydrogens is 518 g/mol. The van der Waals surface area contributed by atoms with Gasteiger partial charge in [0.15, 0.2) is 5.54 Å². The first-order valence-electron chi connectivity index (χ1n) is 14.3. The number of ether oxygens (including phenoxy) is 1. The van der Waals surface area contributed by atoms with Crippen LogP contribution >= 0.6 is 0 Å². The van der Waals surface area contributed by atoms with Crippen LogP contribution in [0.5, 0.6) is 0 Å². The SMILES string of the molecule is O=C(N[C@@H](CC1CC1)C(=O)NC1(C(=O)O)CCN(Cc2ccccc2)C1)OCC1c2ccccc2-c2ccccc21. The van der Waals surface area contributed by atoms with E-state index in [1.807, 2.05) is 59.5 Å². The number of benzene rings is 3. The van der Waals surface area contributed by atoms with Crippen molar-refractivity contribution in [3.05, 3.63) is 95.6 Å². The lowest BCUT2D eigenvalue weighted by Gasteiger charge is -2.29. The van der Waals surface area contributed by atoms with Crippen LogP contribution in [0, 0.1) is 5.92 Å². The van der Waals surface area contributed by atoms with Gasteiger partial charge < -0.3 is 20.5 Å². The van der Waals surface area contributed by atoms with Crippen molar-refractivity contribution in [2.45, 2.75) is 49.7 Å². The number of rotatable bonds is 10. The maximum Gasteiger partial charge on any atom is 0.407 e. The lowest BCUT2D eigenvalue weighted by Crippen LogP contribution is -2.60. The molecule has 0 spiro atoms. The second kappa shape index (κ2) is 11.4. The van der Waals surface area contributed by atoms with E-state index in [2.05, 4.69) is 34.9 Å². The summed E-state index contributed by atoms with van der Waals surface area (Å²) in [5.74, 6) is -1.30. The van der Waals surface area contributed by atoms with Crippen LogP contribution in [-0.2, 0) is 20.9 Å². The Balaban J connectivity index is 1.10. The van der Waals surface area contributed by atoms with E-state index in [0.29, 0.717) is 31.8 Å². The van der Waals surface area contributed by atoms with Crippen LogP contribution in [0.15, 0.2) is 78.9 Å². The van der Waals surface area contributed by atoms with Crippen molar-refractivity contribution in [1.82, 2.24) is 15.5 Å². The van der Waals surface area contributed by atoms with Crippen LogP contribution in [0.1, 0.15) is 48.3 Å². The smallest absolute Gasteiger partial charge is 0.407 e. The highest BCUT2D eigenvalue weighted by Crippen LogP contribution is 2.44.